The zero-order valence-corrected chi connectivity index (χ0v) is 21.6. The molecule has 0 spiro atoms. The second-order valence-corrected chi connectivity index (χ2v) is 9.79. The van der Waals surface area contributed by atoms with E-state index in [9.17, 15) is 0 Å². The van der Waals surface area contributed by atoms with Gasteiger partial charge >= 0.3 is 0 Å². The predicted molar refractivity (Wildman–Crippen MR) is 146 cm³/mol. The van der Waals surface area contributed by atoms with Crippen molar-refractivity contribution in [3.63, 3.8) is 0 Å². The number of nitrogens with zero attached hydrogens (tertiary/aromatic N) is 3. The molecule has 0 unspecified atom stereocenters. The number of nitrogens with one attached hydrogen (secondary N) is 1. The summed E-state index contributed by atoms with van der Waals surface area (Å²) in [5, 5.41) is 5.29. The van der Waals surface area contributed by atoms with Crippen LogP contribution in [0.2, 0.25) is 10.0 Å². The highest BCUT2D eigenvalue weighted by atomic mass is 35.5. The second kappa shape index (κ2) is 9.90. The van der Waals surface area contributed by atoms with Crippen LogP contribution in [0.3, 0.4) is 0 Å². The molecule has 0 aliphatic carbocycles. The van der Waals surface area contributed by atoms with Crippen molar-refractivity contribution in [3.8, 4) is 11.4 Å². The number of aromatic nitrogens is 2. The normalized spacial score (nSPS) is 17.6. The molecule has 0 radical (unpaired) electrons. The summed E-state index contributed by atoms with van der Waals surface area (Å²) in [5.41, 5.74) is 3.71. The Morgan fingerprint density at radius 2 is 1.80 bits per heavy atom. The number of hydrogen-bond acceptors (Lipinski definition) is 3. The first-order valence-electron chi connectivity index (χ1n) is 11.3. The minimum atomic E-state index is -0.184. The Bertz CT molecular complexity index is 1340. The number of pyridine rings is 1. The molecule has 4 aromatic rings. The summed E-state index contributed by atoms with van der Waals surface area (Å²) >= 11 is 18.6. The number of halogens is 2. The van der Waals surface area contributed by atoms with Crippen molar-refractivity contribution in [2.45, 2.75) is 32.0 Å². The molecule has 1 N–H and O–H groups in total. The first kappa shape index (κ1) is 23.7. The zero-order chi connectivity index (χ0) is 24.5. The highest BCUT2D eigenvalue weighted by Gasteiger charge is 2.42. The molecule has 2 aromatic heterocycles. The van der Waals surface area contributed by atoms with Crippen LogP contribution in [0.4, 0.5) is 5.69 Å². The van der Waals surface area contributed by atoms with Crippen LogP contribution in [0, 0.1) is 0 Å². The highest BCUT2D eigenvalue weighted by molar-refractivity contribution is 7.80. The van der Waals surface area contributed by atoms with Gasteiger partial charge < -0.3 is 19.5 Å². The van der Waals surface area contributed by atoms with Gasteiger partial charge in [0, 0.05) is 28.8 Å². The smallest absolute Gasteiger partial charge is 0.174 e. The standard InChI is InChI=1S/C27H24Cl2N4OS/c1-17(2)34-20-11-9-19(10-12-20)33-26(25(31-27(33)35)22-6-3-4-14-30-22)24-7-5-15-32(24)23-13-8-18(28)16-21(23)29/h3-17,25-26H,1-2H3,(H,31,35)/t25-,26+/m0/s1. The van der Waals surface area contributed by atoms with Crippen LogP contribution < -0.4 is 15.0 Å². The number of hydrogen-bond donors (Lipinski definition) is 1. The molecule has 0 saturated carbocycles. The Labute approximate surface area is 220 Å². The summed E-state index contributed by atoms with van der Waals surface area (Å²) in [7, 11) is 0. The van der Waals surface area contributed by atoms with Crippen LogP contribution in [0.15, 0.2) is 85.2 Å². The van der Waals surface area contributed by atoms with E-state index in [1.165, 1.54) is 0 Å². The minimum Gasteiger partial charge on any atom is -0.491 e. The lowest BCUT2D eigenvalue weighted by molar-refractivity contribution is 0.242. The van der Waals surface area contributed by atoms with Crippen molar-refractivity contribution < 1.29 is 4.74 Å². The predicted octanol–water partition coefficient (Wildman–Crippen LogP) is 7.14. The molecule has 2 atom stereocenters. The van der Waals surface area contributed by atoms with Gasteiger partial charge in [0.2, 0.25) is 0 Å². The van der Waals surface area contributed by atoms with Gasteiger partial charge in [0.1, 0.15) is 11.8 Å². The highest BCUT2D eigenvalue weighted by Crippen LogP contribution is 2.43. The van der Waals surface area contributed by atoms with E-state index in [0.717, 1.165) is 28.5 Å². The van der Waals surface area contributed by atoms with Crippen LogP contribution in [0.1, 0.15) is 37.3 Å². The van der Waals surface area contributed by atoms with Gasteiger partial charge in [-0.3, -0.25) is 4.98 Å². The van der Waals surface area contributed by atoms with E-state index in [1.807, 2.05) is 80.7 Å². The van der Waals surface area contributed by atoms with E-state index in [-0.39, 0.29) is 18.2 Å². The first-order valence-corrected chi connectivity index (χ1v) is 12.5. The fraction of sp³-hybridized carbons (Fsp3) is 0.185. The van der Waals surface area contributed by atoms with Gasteiger partial charge in [-0.2, -0.15) is 0 Å². The average Bonchev–Trinajstić information content (AvgIpc) is 3.44. The minimum absolute atomic E-state index is 0.101. The number of thiocarbonyl (C=S) groups is 1. The molecule has 5 nitrogen and oxygen atoms in total. The molecule has 0 bridgehead atoms. The topological polar surface area (TPSA) is 42.3 Å². The third kappa shape index (κ3) is 4.74. The van der Waals surface area contributed by atoms with Gasteiger partial charge in [-0.05, 0) is 92.8 Å². The Morgan fingerprint density at radius 3 is 2.49 bits per heavy atom. The van der Waals surface area contributed by atoms with E-state index < -0.39 is 0 Å². The summed E-state index contributed by atoms with van der Waals surface area (Å²) in [6.07, 6.45) is 3.90. The van der Waals surface area contributed by atoms with Gasteiger partial charge in [0.25, 0.3) is 0 Å². The SMILES string of the molecule is CC(C)Oc1ccc(N2C(=S)N[C@@H](c3ccccn3)[C@H]2c2cccn2-c2ccc(Cl)cc2Cl)cc1. The van der Waals surface area contributed by atoms with E-state index in [1.54, 1.807) is 12.3 Å². The van der Waals surface area contributed by atoms with Crippen molar-refractivity contribution >= 4 is 46.2 Å². The summed E-state index contributed by atoms with van der Waals surface area (Å²) in [6, 6.07) is 23.2. The molecule has 1 aliphatic rings. The molecular formula is C27H24Cl2N4OS. The van der Waals surface area contributed by atoms with Crippen molar-refractivity contribution in [1.82, 2.24) is 14.9 Å². The van der Waals surface area contributed by atoms with Crippen molar-refractivity contribution in [3.05, 3.63) is 107 Å². The fourth-order valence-corrected chi connectivity index (χ4v) is 5.27. The second-order valence-electron chi connectivity index (χ2n) is 8.56. The van der Waals surface area contributed by atoms with Gasteiger partial charge in [-0.25, -0.2) is 0 Å². The van der Waals surface area contributed by atoms with Gasteiger partial charge in [0.15, 0.2) is 5.11 Å². The number of benzene rings is 2. The summed E-state index contributed by atoms with van der Waals surface area (Å²) < 4.78 is 7.92. The largest absolute Gasteiger partial charge is 0.491 e. The van der Waals surface area contributed by atoms with Gasteiger partial charge in [-0.1, -0.05) is 29.3 Å². The van der Waals surface area contributed by atoms with Crippen molar-refractivity contribution in [2.24, 2.45) is 0 Å². The molecule has 178 valence electrons. The lowest BCUT2D eigenvalue weighted by Gasteiger charge is -2.29. The Hall–Kier alpha value is -3.06. The Morgan fingerprint density at radius 1 is 1.00 bits per heavy atom. The lowest BCUT2D eigenvalue weighted by atomic mass is 10.0. The molecular weight excluding hydrogens is 499 g/mol. The van der Waals surface area contributed by atoms with E-state index in [2.05, 4.69) is 25.8 Å². The van der Waals surface area contributed by atoms with Gasteiger partial charge in [-0.15, -0.1) is 0 Å². The van der Waals surface area contributed by atoms with Crippen LogP contribution in [-0.2, 0) is 0 Å². The Balaban J connectivity index is 1.62. The molecule has 35 heavy (non-hydrogen) atoms. The molecule has 0 amide bonds. The quantitative estimate of drug-likeness (QED) is 0.272. The van der Waals surface area contributed by atoms with E-state index in [4.69, 9.17) is 40.2 Å². The number of anilines is 1. The molecule has 3 heterocycles. The third-order valence-electron chi connectivity index (χ3n) is 5.84. The number of rotatable bonds is 6. The van der Waals surface area contributed by atoms with E-state index >= 15 is 0 Å². The van der Waals surface area contributed by atoms with Crippen LogP contribution >= 0.6 is 35.4 Å². The van der Waals surface area contributed by atoms with Crippen LogP contribution in [-0.4, -0.2) is 20.8 Å². The average molecular weight is 523 g/mol. The van der Waals surface area contributed by atoms with E-state index in [0.29, 0.717) is 15.2 Å². The molecule has 1 aliphatic heterocycles. The van der Waals surface area contributed by atoms with Crippen molar-refractivity contribution in [2.75, 3.05) is 4.90 Å². The Kier molecular flexibility index (Phi) is 6.69. The van der Waals surface area contributed by atoms with Crippen molar-refractivity contribution in [1.29, 1.82) is 0 Å². The lowest BCUT2D eigenvalue weighted by Crippen LogP contribution is -2.30. The monoisotopic (exact) mass is 522 g/mol. The summed E-state index contributed by atoms with van der Waals surface area (Å²) in [6.45, 7) is 4.02. The molecule has 2 aromatic carbocycles. The molecule has 8 heteroatoms. The summed E-state index contributed by atoms with van der Waals surface area (Å²) in [4.78, 5) is 6.77. The maximum atomic E-state index is 6.61. The summed E-state index contributed by atoms with van der Waals surface area (Å²) in [5.74, 6) is 0.816. The maximum Gasteiger partial charge on any atom is 0.174 e. The third-order valence-corrected chi connectivity index (χ3v) is 6.69. The molecule has 1 saturated heterocycles. The van der Waals surface area contributed by atoms with Crippen LogP contribution in [0.5, 0.6) is 5.75 Å². The fourth-order valence-electron chi connectivity index (χ4n) is 4.42. The maximum absolute atomic E-state index is 6.61. The van der Waals surface area contributed by atoms with Gasteiger partial charge in [0.05, 0.1) is 28.5 Å². The molecule has 1 fully saturated rings. The zero-order valence-electron chi connectivity index (χ0n) is 19.2. The molecule has 5 rings (SSSR count). The van der Waals surface area contributed by atoms with Crippen LogP contribution in [0.25, 0.3) is 5.69 Å². The number of ether oxygens (including phenoxy) is 1. The first-order chi connectivity index (χ1) is 16.9.